The molecule has 2 atom stereocenters. The van der Waals surface area contributed by atoms with Crippen LogP contribution < -0.4 is 113 Å². The Hall–Kier alpha value is 0.393. The number of benzene rings is 2. The van der Waals surface area contributed by atoms with Crippen LogP contribution in [0.2, 0.25) is 10.0 Å². The predicted octanol–water partition coefficient (Wildman–Crippen LogP) is 7.89. The molecular formula is C52H74BrCl2FK2N2O7S2. The van der Waals surface area contributed by atoms with Gasteiger partial charge in [-0.15, -0.1) is 22.7 Å². The molecule has 2 aromatic carbocycles. The molecule has 2 unspecified atom stereocenters. The van der Waals surface area contributed by atoms with Crippen molar-refractivity contribution in [3.8, 4) is 0 Å². The monoisotopic (exact) mass is 1150 g/mol. The second kappa shape index (κ2) is 39.8. The molecule has 9 nitrogen and oxygen atoms in total. The third-order valence-corrected chi connectivity index (χ3v) is 15.4. The van der Waals surface area contributed by atoms with E-state index >= 15 is 0 Å². The molecule has 0 saturated carbocycles. The van der Waals surface area contributed by atoms with E-state index in [4.69, 9.17) is 44.1 Å². The number of fused-ring (bicyclic) bond motifs is 2. The first-order chi connectivity index (χ1) is 32.6. The summed E-state index contributed by atoms with van der Waals surface area (Å²) in [5.41, 5.74) is 4.58. The van der Waals surface area contributed by atoms with Crippen molar-refractivity contribution in [2.75, 3.05) is 33.5 Å². The van der Waals surface area contributed by atoms with E-state index in [0.717, 1.165) is 112 Å². The predicted molar refractivity (Wildman–Crippen MR) is 278 cm³/mol. The molecule has 376 valence electrons. The Morgan fingerprint density at radius 3 is 1.80 bits per heavy atom. The Morgan fingerprint density at radius 1 is 0.826 bits per heavy atom. The second-order valence-corrected chi connectivity index (χ2v) is 21.4. The van der Waals surface area contributed by atoms with Gasteiger partial charge in [-0.3, -0.25) is 23.7 Å². The largest absolute Gasteiger partial charge is 1.00 e. The molecule has 4 heterocycles. The number of halogens is 4. The van der Waals surface area contributed by atoms with Gasteiger partial charge in [0.15, 0.2) is 0 Å². The molecule has 6 rings (SSSR count). The van der Waals surface area contributed by atoms with Gasteiger partial charge in [0, 0.05) is 56.8 Å². The van der Waals surface area contributed by atoms with Crippen LogP contribution in [0, 0.1) is 10.8 Å². The van der Waals surface area contributed by atoms with Crippen molar-refractivity contribution in [2.45, 2.75) is 143 Å². The average molecular weight is 1150 g/mol. The van der Waals surface area contributed by atoms with Crippen molar-refractivity contribution in [3.63, 3.8) is 0 Å². The minimum Gasteiger partial charge on any atom is -1.00 e. The van der Waals surface area contributed by atoms with Crippen LogP contribution in [-0.4, -0.2) is 56.8 Å². The van der Waals surface area contributed by atoms with Gasteiger partial charge in [0.25, 0.3) is 6.47 Å². The van der Waals surface area contributed by atoms with Crippen molar-refractivity contribution in [1.82, 2.24) is 10.2 Å². The summed E-state index contributed by atoms with van der Waals surface area (Å²) in [6, 6.07) is 21.1. The van der Waals surface area contributed by atoms with Gasteiger partial charge in [0.05, 0.1) is 32.6 Å². The zero-order valence-electron chi connectivity index (χ0n) is 44.2. The zero-order chi connectivity index (χ0) is 50.4. The van der Waals surface area contributed by atoms with Crippen LogP contribution in [0.1, 0.15) is 151 Å². The number of alkyl halides is 2. The van der Waals surface area contributed by atoms with Gasteiger partial charge in [-0.25, -0.2) is 0 Å². The van der Waals surface area contributed by atoms with Gasteiger partial charge in [0.2, 0.25) is 0 Å². The summed E-state index contributed by atoms with van der Waals surface area (Å²) in [6.07, 6.45) is 12.7. The van der Waals surface area contributed by atoms with Gasteiger partial charge in [-0.05, 0) is 137 Å². The molecule has 0 aliphatic carbocycles. The van der Waals surface area contributed by atoms with Gasteiger partial charge in [-0.1, -0.05) is 114 Å². The van der Waals surface area contributed by atoms with Crippen LogP contribution in [0.3, 0.4) is 0 Å². The molecule has 2 aliphatic heterocycles. The number of carbonyl (C=O) groups is 3. The molecule has 0 spiro atoms. The Labute approximate surface area is 527 Å². The van der Waals surface area contributed by atoms with Crippen LogP contribution in [0.4, 0.5) is 4.39 Å². The SMILES string of the molecule is CCOC(=O)C(C)(C)CCCCCC(Br)c1ccccc1Cl.CCOC(=O)C(C)(C)CCCCCC(c1ccccc1Cl)N1CCc2sccc2C1.O=CO[O-].[2H]CF.[H-].[K+].[K+].c1cc2c(s1)CCNC2. The first-order valence-electron chi connectivity index (χ1n) is 23.9. The molecule has 0 fully saturated rings. The molecule has 2 aliphatic rings. The summed E-state index contributed by atoms with van der Waals surface area (Å²) in [5.74, 6) is -0.178. The third-order valence-electron chi connectivity index (χ3n) is 11.7. The number of rotatable bonds is 20. The van der Waals surface area contributed by atoms with Crippen LogP contribution in [0.25, 0.3) is 0 Å². The molecule has 69 heavy (non-hydrogen) atoms. The van der Waals surface area contributed by atoms with E-state index in [1.54, 1.807) is 4.88 Å². The van der Waals surface area contributed by atoms with Gasteiger partial charge in [0.1, 0.15) is 0 Å². The number of ether oxygens (including phenoxy) is 2. The summed E-state index contributed by atoms with van der Waals surface area (Å²) in [5, 5.41) is 17.8. The maximum absolute atomic E-state index is 12.1. The number of thiophene rings is 2. The summed E-state index contributed by atoms with van der Waals surface area (Å²) >= 11 is 20.3. The Balaban J connectivity index is 0. The molecule has 17 heteroatoms. The van der Waals surface area contributed by atoms with E-state index in [0.29, 0.717) is 24.1 Å². The van der Waals surface area contributed by atoms with E-state index in [1.807, 2.05) is 94.5 Å². The number of esters is 2. The molecule has 0 radical (unpaired) electrons. The molecule has 4 aromatic rings. The molecule has 0 saturated heterocycles. The fourth-order valence-corrected chi connectivity index (χ4v) is 11.1. The van der Waals surface area contributed by atoms with E-state index < -0.39 is 12.6 Å². The molecule has 0 bridgehead atoms. The Morgan fingerprint density at radius 2 is 1.30 bits per heavy atom. The number of nitrogens with one attached hydrogen (secondary N) is 1. The average Bonchev–Trinajstić information content (AvgIpc) is 4.01. The Kier molecular flexibility index (Phi) is 38.8. The normalized spacial score (nSPS) is 13.8. The van der Waals surface area contributed by atoms with Crippen molar-refractivity contribution in [3.05, 3.63) is 113 Å². The smallest absolute Gasteiger partial charge is 1.00 e. The molecule has 2 aromatic heterocycles. The maximum Gasteiger partial charge on any atom is 1.00 e. The fraction of sp³-hybridized carbons (Fsp3) is 0.558. The number of nitrogens with zero attached hydrogens (tertiary/aromatic N) is 1. The summed E-state index contributed by atoms with van der Waals surface area (Å²) in [7, 11) is -1.00. The van der Waals surface area contributed by atoms with Gasteiger partial charge in [-0.2, -0.15) is 0 Å². The molecular weight excluding hydrogens is 1080 g/mol. The van der Waals surface area contributed by atoms with E-state index in [2.05, 4.69) is 72.1 Å². The second-order valence-electron chi connectivity index (χ2n) is 17.5. The van der Waals surface area contributed by atoms with Crippen molar-refractivity contribution < 1.29 is 144 Å². The van der Waals surface area contributed by atoms with Gasteiger partial charge >= 0.3 is 115 Å². The van der Waals surface area contributed by atoms with E-state index in [1.165, 1.54) is 28.0 Å². The first kappa shape index (κ1) is 67.4. The number of unbranched alkanes of at least 4 members (excludes halogenated alkanes) is 4. The quantitative estimate of drug-likeness (QED) is 0.0180. The number of hydrogen-bond donors (Lipinski definition) is 1. The van der Waals surface area contributed by atoms with Gasteiger partial charge < -0.3 is 26.4 Å². The van der Waals surface area contributed by atoms with Crippen LogP contribution >= 0.6 is 61.8 Å². The topological polar surface area (TPSA) is 117 Å². The Bertz CT molecular complexity index is 2020. The fourth-order valence-electron chi connectivity index (χ4n) is 7.88. The van der Waals surface area contributed by atoms with Crippen molar-refractivity contribution >= 4 is 80.2 Å². The van der Waals surface area contributed by atoms with Crippen molar-refractivity contribution in [1.29, 1.82) is 0 Å². The third kappa shape index (κ3) is 26.1. The van der Waals surface area contributed by atoms with E-state index in [9.17, 15) is 14.0 Å². The molecule has 1 N–H and O–H groups in total. The number of hydrogen-bond acceptors (Lipinski definition) is 11. The summed E-state index contributed by atoms with van der Waals surface area (Å²) < 4.78 is 25.8. The van der Waals surface area contributed by atoms with Crippen LogP contribution in [-0.2, 0) is 54.7 Å². The summed E-state index contributed by atoms with van der Waals surface area (Å²) in [4.78, 5) is 41.2. The first-order valence-corrected chi connectivity index (χ1v) is 26.6. The van der Waals surface area contributed by atoms with E-state index in [-0.39, 0.29) is 128 Å². The summed E-state index contributed by atoms with van der Waals surface area (Å²) in [6.45, 7) is 16.7. The maximum atomic E-state index is 12.1. The van der Waals surface area contributed by atoms with Crippen LogP contribution in [0.15, 0.2) is 71.4 Å². The minimum atomic E-state index is -1.00. The number of carbonyl (C=O) groups excluding carboxylic acids is 3. The van der Waals surface area contributed by atoms with Crippen molar-refractivity contribution in [2.24, 2.45) is 10.8 Å². The standard InChI is InChI=1S/C25H34ClNO2S.C18H26BrClO2.C7H9NS.CH3F.CH2O3.2K.H/c1-4-29-24(28)25(2,3)15-9-5-6-12-22(20-10-7-8-11-21(20)26)27-16-13-23-19(18-27)14-17-30-23;1-4-22-17(21)18(2,3)13-9-5-6-11-15(19)14-10-7-8-12-16(14)20;1-3-8-5-6-2-4-9-7(1)6;1-2;2-1-4-3;;;/h7-8,10-11,14,17,22H,4-6,9,12-13,15-16,18H2,1-3H3;7-8,10,12,15H,4-6,9,11,13H2,1-3H3;2,4,8H,1,3,5H2;1H3;1,3H;;;/q;;;;;2*+1;-1/p-1/i;;;1D;;;;. The zero-order valence-corrected chi connectivity index (χ0v) is 53.2. The molecule has 0 amide bonds. The van der Waals surface area contributed by atoms with Crippen LogP contribution in [0.5, 0.6) is 0 Å². The minimum absolute atomic E-state index is 0.